The van der Waals surface area contributed by atoms with Crippen molar-refractivity contribution >= 4 is 14.2 Å². The summed E-state index contributed by atoms with van der Waals surface area (Å²) < 4.78 is 6.84. The topological polar surface area (TPSA) is 90.8 Å². The Morgan fingerprint density at radius 3 is 2.31 bits per heavy atom. The first-order valence-corrected chi connectivity index (χ1v) is 18.0. The zero-order valence-corrected chi connectivity index (χ0v) is 27.0. The van der Waals surface area contributed by atoms with Crippen LogP contribution in [0.1, 0.15) is 67.2 Å². The third-order valence-corrected chi connectivity index (χ3v) is 13.3. The van der Waals surface area contributed by atoms with E-state index in [4.69, 9.17) is 4.43 Å². The Labute approximate surface area is 252 Å². The summed E-state index contributed by atoms with van der Waals surface area (Å²) in [7, 11) is -2.10. The van der Waals surface area contributed by atoms with Crippen molar-refractivity contribution in [1.29, 1.82) is 0 Å². The Kier molecular flexibility index (Phi) is 10.3. The molecule has 0 aliphatic heterocycles. The van der Waals surface area contributed by atoms with E-state index >= 15 is 0 Å². The van der Waals surface area contributed by atoms with Crippen molar-refractivity contribution in [1.82, 2.24) is 10.6 Å². The third-order valence-electron chi connectivity index (χ3n) is 8.85. The number of hydrogen-bond acceptors (Lipinski definition) is 5. The van der Waals surface area contributed by atoms with Gasteiger partial charge in [-0.1, -0.05) is 75.4 Å². The Balaban J connectivity index is 1.35. The molecule has 2 atom stereocenters. The maximum Gasteiger partial charge on any atom is 0.224 e. The molecule has 4 N–H and O–H groups in total. The molecule has 1 amide bonds. The Morgan fingerprint density at radius 1 is 1.00 bits per heavy atom. The van der Waals surface area contributed by atoms with Gasteiger partial charge in [-0.25, -0.2) is 0 Å². The summed E-state index contributed by atoms with van der Waals surface area (Å²) in [6.45, 7) is 13.7. The molecule has 0 spiro atoms. The molecule has 0 saturated heterocycles. The molecule has 1 aliphatic carbocycles. The summed E-state index contributed by atoms with van der Waals surface area (Å²) in [5.74, 6) is 0.161. The van der Waals surface area contributed by atoms with Crippen LogP contribution in [0.25, 0.3) is 0 Å². The molecule has 42 heavy (non-hydrogen) atoms. The van der Waals surface area contributed by atoms with Gasteiger partial charge in [0.2, 0.25) is 5.91 Å². The minimum Gasteiger partial charge on any atom is -0.508 e. The Bertz CT molecular complexity index is 1340. The summed E-state index contributed by atoms with van der Waals surface area (Å²) >= 11 is 0. The standard InChI is InChI=1S/C35H48N2O4Si/c1-24(36-22-33(41-42(5,6)35(2,3)4)29-14-15-32(39)30(19-29)23-38)16-25-10-9-11-26(17-25)18-34(40)37-31-20-27-12-7-8-13-28(27)21-31/h7-15,17,19,24,31,33,36,38-39H,16,18,20-23H2,1-6H3,(H,37,40)/t24-,33-/m1/s1. The van der Waals surface area contributed by atoms with E-state index in [9.17, 15) is 15.0 Å². The number of hydrogen-bond donors (Lipinski definition) is 4. The lowest BCUT2D eigenvalue weighted by atomic mass is 10.0. The number of carbonyl (C=O) groups excluding carboxylic acids is 1. The van der Waals surface area contributed by atoms with Gasteiger partial charge in [-0.05, 0) is 84.3 Å². The van der Waals surface area contributed by atoms with Crippen LogP contribution >= 0.6 is 0 Å². The van der Waals surface area contributed by atoms with Crippen molar-refractivity contribution in [2.75, 3.05) is 6.54 Å². The first-order chi connectivity index (χ1) is 19.8. The zero-order valence-electron chi connectivity index (χ0n) is 26.0. The van der Waals surface area contributed by atoms with Gasteiger partial charge in [0, 0.05) is 24.2 Å². The van der Waals surface area contributed by atoms with Gasteiger partial charge in [-0.2, -0.15) is 0 Å². The van der Waals surface area contributed by atoms with Crippen LogP contribution in [0.2, 0.25) is 18.1 Å². The van der Waals surface area contributed by atoms with Crippen molar-refractivity contribution in [2.45, 2.75) is 96.3 Å². The summed E-state index contributed by atoms with van der Waals surface area (Å²) in [6, 6.07) is 22.5. The summed E-state index contributed by atoms with van der Waals surface area (Å²) in [6.07, 6.45) is 2.78. The fourth-order valence-electron chi connectivity index (χ4n) is 5.42. The van der Waals surface area contributed by atoms with E-state index in [1.165, 1.54) is 16.7 Å². The quantitative estimate of drug-likeness (QED) is 0.195. The first kappa shape index (κ1) is 32.0. The van der Waals surface area contributed by atoms with Crippen molar-refractivity contribution in [3.8, 4) is 5.75 Å². The predicted molar refractivity (Wildman–Crippen MR) is 172 cm³/mol. The smallest absolute Gasteiger partial charge is 0.224 e. The van der Waals surface area contributed by atoms with Gasteiger partial charge in [-0.15, -0.1) is 0 Å². The lowest BCUT2D eigenvalue weighted by Crippen LogP contribution is -2.44. The van der Waals surface area contributed by atoms with Gasteiger partial charge in [-0.3, -0.25) is 4.79 Å². The maximum atomic E-state index is 12.9. The minimum absolute atomic E-state index is 0.0437. The highest BCUT2D eigenvalue weighted by Crippen LogP contribution is 2.40. The van der Waals surface area contributed by atoms with E-state index in [1.54, 1.807) is 6.07 Å². The molecule has 6 nitrogen and oxygen atoms in total. The van der Waals surface area contributed by atoms with E-state index < -0.39 is 8.32 Å². The summed E-state index contributed by atoms with van der Waals surface area (Å²) in [5, 5.41) is 26.8. The van der Waals surface area contributed by atoms with E-state index in [2.05, 4.69) is 87.8 Å². The average Bonchev–Trinajstić information content (AvgIpc) is 3.33. The minimum atomic E-state index is -2.10. The van der Waals surface area contributed by atoms with Gasteiger partial charge in [0.1, 0.15) is 5.75 Å². The summed E-state index contributed by atoms with van der Waals surface area (Å²) in [5.41, 5.74) is 6.32. The van der Waals surface area contributed by atoms with Crippen LogP contribution in [-0.4, -0.2) is 43.1 Å². The molecule has 0 unspecified atom stereocenters. The highest BCUT2D eigenvalue weighted by Gasteiger charge is 2.39. The van der Waals surface area contributed by atoms with Crippen LogP contribution < -0.4 is 10.6 Å². The van der Waals surface area contributed by atoms with Crippen LogP contribution in [0.15, 0.2) is 66.7 Å². The fourth-order valence-corrected chi connectivity index (χ4v) is 6.70. The van der Waals surface area contributed by atoms with Gasteiger partial charge in [0.05, 0.1) is 19.1 Å². The second-order valence-electron chi connectivity index (χ2n) is 13.4. The van der Waals surface area contributed by atoms with Gasteiger partial charge in [0.25, 0.3) is 0 Å². The molecule has 4 rings (SSSR count). The molecule has 3 aromatic rings. The lowest BCUT2D eigenvalue weighted by molar-refractivity contribution is -0.121. The van der Waals surface area contributed by atoms with E-state index in [0.29, 0.717) is 18.5 Å². The number of carbonyl (C=O) groups is 1. The predicted octanol–water partition coefficient (Wildman–Crippen LogP) is 5.99. The number of nitrogens with one attached hydrogen (secondary N) is 2. The van der Waals surface area contributed by atoms with Gasteiger partial charge < -0.3 is 25.3 Å². The SMILES string of the molecule is C[C@H](Cc1cccc(CC(=O)NC2Cc3ccccc3C2)c1)NC[C@@H](O[Si](C)(C)C(C)(C)C)c1ccc(O)c(CO)c1. The normalized spacial score (nSPS) is 15.3. The molecular weight excluding hydrogens is 540 g/mol. The monoisotopic (exact) mass is 588 g/mol. The number of aromatic hydroxyl groups is 1. The molecule has 226 valence electrons. The molecule has 0 bridgehead atoms. The van der Waals surface area contributed by atoms with Crippen molar-refractivity contribution < 1.29 is 19.4 Å². The molecule has 3 aromatic carbocycles. The second-order valence-corrected chi connectivity index (χ2v) is 18.1. The van der Waals surface area contributed by atoms with E-state index in [-0.39, 0.29) is 41.5 Å². The second kappa shape index (κ2) is 13.6. The molecule has 0 saturated carbocycles. The fraction of sp³-hybridized carbons (Fsp3) is 0.457. The molecule has 0 heterocycles. The largest absolute Gasteiger partial charge is 0.508 e. The number of amides is 1. The van der Waals surface area contributed by atoms with Crippen molar-refractivity contribution in [2.24, 2.45) is 0 Å². The Morgan fingerprint density at radius 2 is 1.67 bits per heavy atom. The zero-order chi connectivity index (χ0) is 30.5. The van der Waals surface area contributed by atoms with Gasteiger partial charge in [0.15, 0.2) is 8.32 Å². The number of fused-ring (bicyclic) bond motifs is 1. The van der Waals surface area contributed by atoms with Gasteiger partial charge >= 0.3 is 0 Å². The van der Waals surface area contributed by atoms with Crippen LogP contribution in [0.4, 0.5) is 0 Å². The molecule has 0 aromatic heterocycles. The first-order valence-electron chi connectivity index (χ1n) is 15.1. The molecule has 7 heteroatoms. The molecular formula is C35H48N2O4Si. The van der Waals surface area contributed by atoms with Crippen LogP contribution in [0, 0.1) is 0 Å². The van der Waals surface area contributed by atoms with Crippen molar-refractivity contribution in [3.63, 3.8) is 0 Å². The number of aliphatic hydroxyl groups is 1. The maximum absolute atomic E-state index is 12.9. The average molecular weight is 589 g/mol. The van der Waals surface area contributed by atoms with Crippen LogP contribution in [0.5, 0.6) is 5.75 Å². The Hall–Kier alpha value is -2.97. The number of rotatable bonds is 12. The number of benzene rings is 3. The molecule has 1 aliphatic rings. The number of aliphatic hydroxyl groups excluding tert-OH is 1. The molecule has 0 radical (unpaired) electrons. The lowest BCUT2D eigenvalue weighted by Gasteiger charge is -2.40. The van der Waals surface area contributed by atoms with Crippen LogP contribution in [0.3, 0.4) is 0 Å². The summed E-state index contributed by atoms with van der Waals surface area (Å²) in [4.78, 5) is 12.9. The van der Waals surface area contributed by atoms with Crippen LogP contribution in [-0.2, 0) is 41.5 Å². The third kappa shape index (κ3) is 8.31. The van der Waals surface area contributed by atoms with E-state index in [1.807, 2.05) is 24.3 Å². The molecule has 0 fully saturated rings. The number of phenols is 1. The van der Waals surface area contributed by atoms with Crippen molar-refractivity contribution in [3.05, 3.63) is 100 Å². The highest BCUT2D eigenvalue weighted by atomic mass is 28.4. The highest BCUT2D eigenvalue weighted by molar-refractivity contribution is 6.74. The van der Waals surface area contributed by atoms with E-state index in [0.717, 1.165) is 30.4 Å².